The third-order valence-corrected chi connectivity index (χ3v) is 12.7. The molecule has 11 nitrogen and oxygen atoms in total. The molecule has 1 saturated heterocycles. The summed E-state index contributed by atoms with van der Waals surface area (Å²) < 4.78 is 73.3. The van der Waals surface area contributed by atoms with E-state index in [1.165, 1.54) is 24.4 Å². The standard InChI is InChI=1S/C36H40F3N5O6S/c1-17(2)31(43-35(46)49-3)34(45)44-12-4-5-26(44)32-40-16-25(42-32)23-11-10-22(27-18-6-7-19(13-18)28(23)27)24-15-41-33(50-51(47,48)36(37,38)39)30-21-9-8-20(14-21)29(24)30/h10-11,15-21,26,31H,4-9,12-14H2,1-3H3,(H,40,42)(H,43,46)/t18?,19?,20?,21?,26-,31-/m0/s1. The SMILES string of the molecule is COC(=O)N[C@H](C(=O)N1CCC[C@H]1c1ncc(-c2ccc(-c3cnc(OS(=O)(=O)C(F)(F)F)c4c3C3CCC4C3)c3c2C2CCC3C2)[nH]1)C(C)C. The lowest BCUT2D eigenvalue weighted by Crippen LogP contribution is -2.51. The molecule has 8 rings (SSSR count). The van der Waals surface area contributed by atoms with Gasteiger partial charge in [-0.05, 0) is 103 Å². The lowest BCUT2D eigenvalue weighted by atomic mass is 9.80. The Balaban J connectivity index is 1.15. The molecule has 2 amide bonds. The van der Waals surface area contributed by atoms with Crippen molar-refractivity contribution >= 4 is 22.1 Å². The molecule has 4 bridgehead atoms. The number of carbonyl (C=O) groups excluding carboxylic acids is 2. The van der Waals surface area contributed by atoms with Crippen molar-refractivity contribution in [3.05, 3.63) is 52.6 Å². The minimum absolute atomic E-state index is 0.0956. The largest absolute Gasteiger partial charge is 0.534 e. The molecule has 4 unspecified atom stereocenters. The van der Waals surface area contributed by atoms with Crippen LogP contribution in [0.15, 0.2) is 24.5 Å². The number of pyridine rings is 1. The van der Waals surface area contributed by atoms with E-state index in [-0.39, 0.29) is 29.7 Å². The van der Waals surface area contributed by atoms with Crippen molar-refractivity contribution in [3.8, 4) is 28.3 Å². The van der Waals surface area contributed by atoms with Crippen LogP contribution in [0, 0.1) is 5.92 Å². The second-order valence-electron chi connectivity index (χ2n) is 14.9. The third-order valence-electron chi connectivity index (χ3n) is 11.8. The Bertz CT molecular complexity index is 2030. The van der Waals surface area contributed by atoms with E-state index in [1.54, 1.807) is 4.90 Å². The molecule has 15 heteroatoms. The summed E-state index contributed by atoms with van der Waals surface area (Å²) in [4.78, 5) is 40.0. The number of imidazole rings is 1. The number of likely N-dealkylation sites (tertiary alicyclic amines) is 1. The van der Waals surface area contributed by atoms with Gasteiger partial charge < -0.3 is 24.1 Å². The first kappa shape index (κ1) is 34.0. The van der Waals surface area contributed by atoms with Crippen molar-refractivity contribution in [2.75, 3.05) is 13.7 Å². The zero-order valence-corrected chi connectivity index (χ0v) is 29.4. The van der Waals surface area contributed by atoms with Gasteiger partial charge in [-0.1, -0.05) is 26.0 Å². The predicted molar refractivity (Wildman–Crippen MR) is 179 cm³/mol. The van der Waals surface area contributed by atoms with E-state index in [9.17, 15) is 31.2 Å². The van der Waals surface area contributed by atoms with Gasteiger partial charge in [-0.3, -0.25) is 4.79 Å². The number of nitrogens with one attached hydrogen (secondary N) is 2. The number of methoxy groups -OCH3 is 1. The van der Waals surface area contributed by atoms with E-state index < -0.39 is 33.6 Å². The molecule has 0 spiro atoms. The number of hydrogen-bond donors (Lipinski definition) is 2. The van der Waals surface area contributed by atoms with Gasteiger partial charge in [-0.25, -0.2) is 14.8 Å². The second kappa shape index (κ2) is 12.2. The fourth-order valence-electron chi connectivity index (χ4n) is 9.62. The molecule has 2 aromatic heterocycles. The van der Waals surface area contributed by atoms with Crippen LogP contribution < -0.4 is 9.50 Å². The van der Waals surface area contributed by atoms with Crippen molar-refractivity contribution < 1.29 is 40.1 Å². The topological polar surface area (TPSA) is 144 Å². The zero-order valence-electron chi connectivity index (χ0n) is 28.5. The summed E-state index contributed by atoms with van der Waals surface area (Å²) >= 11 is 0. The summed E-state index contributed by atoms with van der Waals surface area (Å²) in [5.41, 5.74) is 1.97. The van der Waals surface area contributed by atoms with Gasteiger partial charge in [0.25, 0.3) is 0 Å². The summed E-state index contributed by atoms with van der Waals surface area (Å²) in [6.45, 7) is 4.30. The maximum absolute atomic E-state index is 13.7. The molecule has 51 heavy (non-hydrogen) atoms. The number of amides is 2. The second-order valence-corrected chi connectivity index (χ2v) is 16.5. The fourth-order valence-corrected chi connectivity index (χ4v) is 10.1. The van der Waals surface area contributed by atoms with Crippen molar-refractivity contribution in [3.63, 3.8) is 0 Å². The zero-order chi connectivity index (χ0) is 36.0. The summed E-state index contributed by atoms with van der Waals surface area (Å²) in [5.74, 6) is 0.541. The molecule has 6 atom stereocenters. The van der Waals surface area contributed by atoms with Crippen LogP contribution in [0.25, 0.3) is 22.4 Å². The number of aromatic amines is 1. The smallest absolute Gasteiger partial charge is 0.453 e. The summed E-state index contributed by atoms with van der Waals surface area (Å²) in [7, 11) is -4.59. The van der Waals surface area contributed by atoms with E-state index in [4.69, 9.17) is 9.72 Å². The van der Waals surface area contributed by atoms with Gasteiger partial charge in [0, 0.05) is 29.4 Å². The highest BCUT2D eigenvalue weighted by Gasteiger charge is 2.51. The average molecular weight is 728 g/mol. The van der Waals surface area contributed by atoms with Crippen molar-refractivity contribution in [2.45, 2.75) is 106 Å². The van der Waals surface area contributed by atoms with Crippen molar-refractivity contribution in [1.82, 2.24) is 25.2 Å². The van der Waals surface area contributed by atoms with Crippen LogP contribution in [0.2, 0.25) is 0 Å². The normalized spacial score (nSPS) is 25.3. The van der Waals surface area contributed by atoms with Crippen LogP contribution in [0.3, 0.4) is 0 Å². The number of benzene rings is 1. The maximum atomic E-state index is 13.7. The maximum Gasteiger partial charge on any atom is 0.534 e. The van der Waals surface area contributed by atoms with E-state index in [1.807, 2.05) is 20.0 Å². The van der Waals surface area contributed by atoms with Gasteiger partial charge in [0.1, 0.15) is 11.9 Å². The van der Waals surface area contributed by atoms with Crippen LogP contribution >= 0.6 is 0 Å². The number of rotatable bonds is 8. The van der Waals surface area contributed by atoms with E-state index in [2.05, 4.69) is 31.6 Å². The van der Waals surface area contributed by atoms with Gasteiger partial charge in [-0.15, -0.1) is 0 Å². The molecular formula is C36H40F3N5O6S. The number of H-pyrrole nitrogens is 1. The lowest BCUT2D eigenvalue weighted by molar-refractivity contribution is -0.135. The molecule has 3 fully saturated rings. The molecule has 1 aliphatic heterocycles. The summed E-state index contributed by atoms with van der Waals surface area (Å²) in [6.07, 6.45) is 9.63. The van der Waals surface area contributed by atoms with Gasteiger partial charge >= 0.3 is 21.7 Å². The highest BCUT2D eigenvalue weighted by Crippen LogP contribution is 2.62. The number of nitrogens with zero attached hydrogens (tertiary/aromatic N) is 3. The van der Waals surface area contributed by atoms with Gasteiger partial charge in [-0.2, -0.15) is 21.6 Å². The number of ether oxygens (including phenoxy) is 1. The molecule has 2 N–H and O–H groups in total. The van der Waals surface area contributed by atoms with Crippen LogP contribution in [-0.2, 0) is 19.6 Å². The number of halogens is 3. The first-order chi connectivity index (χ1) is 24.3. The van der Waals surface area contributed by atoms with Crippen molar-refractivity contribution in [1.29, 1.82) is 0 Å². The third kappa shape index (κ3) is 5.48. The van der Waals surface area contributed by atoms with E-state index in [0.717, 1.165) is 79.3 Å². The first-order valence-corrected chi connectivity index (χ1v) is 19.1. The predicted octanol–water partition coefficient (Wildman–Crippen LogP) is 7.14. The molecule has 3 heterocycles. The fraction of sp³-hybridized carbons (Fsp3) is 0.556. The Labute approximate surface area is 293 Å². The molecular weight excluding hydrogens is 687 g/mol. The molecule has 2 saturated carbocycles. The highest BCUT2D eigenvalue weighted by atomic mass is 32.2. The van der Waals surface area contributed by atoms with Crippen LogP contribution in [-0.4, -0.2) is 65.5 Å². The minimum Gasteiger partial charge on any atom is -0.453 e. The van der Waals surface area contributed by atoms with E-state index in [0.29, 0.717) is 29.8 Å². The summed E-state index contributed by atoms with van der Waals surface area (Å²) in [5, 5.41) is 2.69. The van der Waals surface area contributed by atoms with Crippen molar-refractivity contribution in [2.24, 2.45) is 5.92 Å². The Kier molecular flexibility index (Phi) is 8.15. The number of carbonyl (C=O) groups is 2. The molecule has 5 aliphatic rings. The number of aromatic nitrogens is 3. The molecule has 3 aromatic rings. The molecule has 1 aromatic carbocycles. The van der Waals surface area contributed by atoms with Crippen LogP contribution in [0.5, 0.6) is 5.88 Å². The first-order valence-electron chi connectivity index (χ1n) is 17.7. The molecule has 272 valence electrons. The quantitative estimate of drug-likeness (QED) is 0.184. The molecule has 4 aliphatic carbocycles. The highest BCUT2D eigenvalue weighted by molar-refractivity contribution is 7.88. The Morgan fingerprint density at radius 1 is 0.902 bits per heavy atom. The minimum atomic E-state index is -5.86. The number of fused-ring (bicyclic) bond motifs is 10. The van der Waals surface area contributed by atoms with Gasteiger partial charge in [0.15, 0.2) is 0 Å². The lowest BCUT2D eigenvalue weighted by Gasteiger charge is -2.30. The Hall–Kier alpha value is -4.14. The number of alkyl halides is 3. The van der Waals surface area contributed by atoms with Gasteiger partial charge in [0.05, 0.1) is 25.0 Å². The monoisotopic (exact) mass is 727 g/mol. The molecule has 0 radical (unpaired) electrons. The van der Waals surface area contributed by atoms with E-state index >= 15 is 0 Å². The van der Waals surface area contributed by atoms with Crippen LogP contribution in [0.4, 0.5) is 18.0 Å². The number of alkyl carbamates (subject to hydrolysis) is 1. The van der Waals surface area contributed by atoms with Gasteiger partial charge in [0.2, 0.25) is 11.8 Å². The Morgan fingerprint density at radius 2 is 1.51 bits per heavy atom. The van der Waals surface area contributed by atoms with Crippen LogP contribution in [0.1, 0.15) is 123 Å². The Morgan fingerprint density at radius 3 is 2.14 bits per heavy atom. The number of hydrogen-bond acceptors (Lipinski definition) is 8. The average Bonchev–Trinajstić information content (AvgIpc) is 3.94. The summed E-state index contributed by atoms with van der Waals surface area (Å²) in [6, 6.07) is 3.11.